The highest BCUT2D eigenvalue weighted by atomic mass is 32.2. The second-order valence-electron chi connectivity index (χ2n) is 7.80. The summed E-state index contributed by atoms with van der Waals surface area (Å²) in [4.78, 5) is 12.9. The molecule has 0 aliphatic carbocycles. The maximum absolute atomic E-state index is 13.5. The van der Waals surface area contributed by atoms with Crippen molar-refractivity contribution >= 4 is 21.6 Å². The molecule has 0 fully saturated rings. The lowest BCUT2D eigenvalue weighted by atomic mass is 10.1. The Balaban J connectivity index is 1.88. The van der Waals surface area contributed by atoms with Gasteiger partial charge in [-0.2, -0.15) is 0 Å². The molecule has 36 heavy (non-hydrogen) atoms. The molecule has 0 radical (unpaired) electrons. The van der Waals surface area contributed by atoms with Gasteiger partial charge in [0.15, 0.2) is 11.5 Å². The van der Waals surface area contributed by atoms with E-state index in [4.69, 9.17) is 14.2 Å². The number of carbonyl (C=O) groups is 1. The van der Waals surface area contributed by atoms with Gasteiger partial charge in [0.1, 0.15) is 18.1 Å². The zero-order valence-corrected chi connectivity index (χ0v) is 21.3. The molecule has 1 N–H and O–H groups in total. The highest BCUT2D eigenvalue weighted by Crippen LogP contribution is 2.30. The van der Waals surface area contributed by atoms with Gasteiger partial charge in [-0.15, -0.1) is 0 Å². The summed E-state index contributed by atoms with van der Waals surface area (Å²) in [7, 11) is -1.14. The zero-order chi connectivity index (χ0) is 26.3. The normalized spacial score (nSPS) is 11.9. The van der Waals surface area contributed by atoms with Crippen LogP contribution in [0.25, 0.3) is 0 Å². The molecule has 192 valence electrons. The topological polar surface area (TPSA) is 94.2 Å². The van der Waals surface area contributed by atoms with E-state index in [9.17, 15) is 17.6 Å². The lowest BCUT2D eigenvalue weighted by Crippen LogP contribution is -2.41. The molecule has 0 saturated carbocycles. The van der Waals surface area contributed by atoms with Gasteiger partial charge in [-0.05, 0) is 80.1 Å². The first-order chi connectivity index (χ1) is 17.2. The number of hydrogen-bond donors (Lipinski definition) is 1. The largest absolute Gasteiger partial charge is 0.494 e. The molecule has 0 aliphatic heterocycles. The van der Waals surface area contributed by atoms with E-state index in [0.29, 0.717) is 23.9 Å². The Hall–Kier alpha value is -3.79. The van der Waals surface area contributed by atoms with Crippen molar-refractivity contribution in [1.82, 2.24) is 5.32 Å². The van der Waals surface area contributed by atoms with Gasteiger partial charge in [0.2, 0.25) is 5.91 Å². The second-order valence-corrected chi connectivity index (χ2v) is 9.66. The van der Waals surface area contributed by atoms with Gasteiger partial charge in [-0.1, -0.05) is 6.07 Å². The Labute approximate surface area is 210 Å². The molecule has 0 heterocycles. The van der Waals surface area contributed by atoms with Crippen molar-refractivity contribution in [1.29, 1.82) is 0 Å². The molecule has 1 amide bonds. The Bertz CT molecular complexity index is 1280. The highest BCUT2D eigenvalue weighted by Gasteiger charge is 2.28. The van der Waals surface area contributed by atoms with Crippen molar-refractivity contribution in [2.24, 2.45) is 0 Å². The van der Waals surface area contributed by atoms with Crippen LogP contribution in [0.15, 0.2) is 71.6 Å². The van der Waals surface area contributed by atoms with Crippen molar-refractivity contribution < 1.29 is 31.8 Å². The first-order valence-electron chi connectivity index (χ1n) is 11.2. The first kappa shape index (κ1) is 26.8. The monoisotopic (exact) mass is 516 g/mol. The van der Waals surface area contributed by atoms with Gasteiger partial charge in [0, 0.05) is 0 Å². The number of sulfonamides is 1. The number of anilines is 1. The number of ether oxygens (including phenoxy) is 3. The fraction of sp³-hybridized carbons (Fsp3) is 0.269. The van der Waals surface area contributed by atoms with Gasteiger partial charge < -0.3 is 19.5 Å². The van der Waals surface area contributed by atoms with Crippen LogP contribution in [-0.4, -0.2) is 41.7 Å². The number of nitrogens with zero attached hydrogens (tertiary/aromatic N) is 1. The molecule has 10 heteroatoms. The molecule has 3 aromatic rings. The number of amides is 1. The number of nitrogens with one attached hydrogen (secondary N) is 1. The lowest BCUT2D eigenvalue weighted by molar-refractivity contribution is -0.120. The third-order valence-electron chi connectivity index (χ3n) is 5.41. The molecule has 8 nitrogen and oxygen atoms in total. The van der Waals surface area contributed by atoms with Gasteiger partial charge in [-0.25, -0.2) is 12.8 Å². The van der Waals surface area contributed by atoms with E-state index in [1.807, 2.05) is 6.92 Å². The van der Waals surface area contributed by atoms with E-state index in [1.165, 1.54) is 14.2 Å². The molecule has 1 atom stereocenters. The summed E-state index contributed by atoms with van der Waals surface area (Å²) in [5.74, 6) is 0.518. The minimum Gasteiger partial charge on any atom is -0.494 e. The van der Waals surface area contributed by atoms with Crippen molar-refractivity contribution in [3.63, 3.8) is 0 Å². The van der Waals surface area contributed by atoms with Crippen molar-refractivity contribution in [2.45, 2.75) is 24.8 Å². The number of halogens is 1. The SMILES string of the molecule is CCOc1ccc(N(CC(=O)N[C@H](C)c2ccc(OC)c(OC)c2)S(=O)(=O)c2ccc(F)cc2)cc1. The van der Waals surface area contributed by atoms with E-state index in [0.717, 1.165) is 34.1 Å². The van der Waals surface area contributed by atoms with E-state index in [1.54, 1.807) is 49.4 Å². The molecule has 0 spiro atoms. The van der Waals surface area contributed by atoms with E-state index >= 15 is 0 Å². The number of rotatable bonds is 11. The minimum atomic E-state index is -4.18. The van der Waals surface area contributed by atoms with E-state index < -0.39 is 34.3 Å². The predicted octanol–water partition coefficient (Wildman–Crippen LogP) is 4.31. The summed E-state index contributed by atoms with van der Waals surface area (Å²) in [5, 5.41) is 2.82. The van der Waals surface area contributed by atoms with Gasteiger partial charge in [0.25, 0.3) is 10.0 Å². The lowest BCUT2D eigenvalue weighted by Gasteiger charge is -2.25. The van der Waals surface area contributed by atoms with Crippen LogP contribution in [0.1, 0.15) is 25.5 Å². The second kappa shape index (κ2) is 11.8. The highest BCUT2D eigenvalue weighted by molar-refractivity contribution is 7.92. The van der Waals surface area contributed by atoms with Crippen molar-refractivity contribution in [3.8, 4) is 17.2 Å². The fourth-order valence-corrected chi connectivity index (χ4v) is 4.97. The minimum absolute atomic E-state index is 0.140. The van der Waals surface area contributed by atoms with Crippen LogP contribution in [0.2, 0.25) is 0 Å². The number of methoxy groups -OCH3 is 2. The Morgan fingerprint density at radius 2 is 1.61 bits per heavy atom. The number of benzene rings is 3. The Kier molecular flexibility index (Phi) is 8.76. The summed E-state index contributed by atoms with van der Waals surface area (Å²) >= 11 is 0. The third kappa shape index (κ3) is 6.25. The van der Waals surface area contributed by atoms with Crippen molar-refractivity contribution in [2.75, 3.05) is 31.7 Å². The zero-order valence-electron chi connectivity index (χ0n) is 20.5. The van der Waals surface area contributed by atoms with Crippen LogP contribution in [0, 0.1) is 5.82 Å². The summed E-state index contributed by atoms with van der Waals surface area (Å²) in [6.45, 7) is 3.57. The van der Waals surface area contributed by atoms with Gasteiger partial charge in [0.05, 0.1) is 37.5 Å². The molecule has 0 saturated heterocycles. The van der Waals surface area contributed by atoms with Crippen LogP contribution in [-0.2, 0) is 14.8 Å². The third-order valence-corrected chi connectivity index (χ3v) is 7.20. The van der Waals surface area contributed by atoms with Crippen LogP contribution in [0.4, 0.5) is 10.1 Å². The smallest absolute Gasteiger partial charge is 0.264 e. The van der Waals surface area contributed by atoms with E-state index in [2.05, 4.69) is 5.32 Å². The average molecular weight is 517 g/mol. The molecule has 0 unspecified atom stereocenters. The Morgan fingerprint density at radius 1 is 0.972 bits per heavy atom. The van der Waals surface area contributed by atoms with Gasteiger partial charge in [-0.3, -0.25) is 9.10 Å². The summed E-state index contributed by atoms with van der Waals surface area (Å²) in [5.41, 5.74) is 1.01. The fourth-order valence-electron chi connectivity index (χ4n) is 3.55. The molecular weight excluding hydrogens is 487 g/mol. The predicted molar refractivity (Wildman–Crippen MR) is 135 cm³/mol. The molecule has 0 aliphatic rings. The summed E-state index contributed by atoms with van der Waals surface area (Å²) < 4.78 is 57.3. The summed E-state index contributed by atoms with van der Waals surface area (Å²) in [6, 6.07) is 15.6. The van der Waals surface area contributed by atoms with Crippen LogP contribution < -0.4 is 23.8 Å². The quantitative estimate of drug-likeness (QED) is 0.408. The van der Waals surface area contributed by atoms with Crippen LogP contribution >= 0.6 is 0 Å². The summed E-state index contributed by atoms with van der Waals surface area (Å²) in [6.07, 6.45) is 0. The van der Waals surface area contributed by atoms with Crippen LogP contribution in [0.3, 0.4) is 0 Å². The maximum Gasteiger partial charge on any atom is 0.264 e. The standard InChI is InChI=1S/C26H29FN2O6S/c1-5-35-22-11-9-21(10-12-22)29(36(31,32)23-13-7-20(27)8-14-23)17-26(30)28-18(2)19-6-15-24(33-3)25(16-19)34-4/h6-16,18H,5,17H2,1-4H3,(H,28,30)/t18-/m1/s1. The average Bonchev–Trinajstić information content (AvgIpc) is 2.87. The van der Waals surface area contributed by atoms with Gasteiger partial charge >= 0.3 is 0 Å². The molecule has 3 aromatic carbocycles. The maximum atomic E-state index is 13.5. The number of hydrogen-bond acceptors (Lipinski definition) is 6. The Morgan fingerprint density at radius 3 is 2.19 bits per heavy atom. The number of carbonyl (C=O) groups excluding carboxylic acids is 1. The van der Waals surface area contributed by atoms with Crippen molar-refractivity contribution in [3.05, 3.63) is 78.1 Å². The van der Waals surface area contributed by atoms with E-state index in [-0.39, 0.29) is 10.6 Å². The molecule has 0 bridgehead atoms. The first-order valence-corrected chi connectivity index (χ1v) is 12.7. The molecule has 0 aromatic heterocycles. The molecular formula is C26H29FN2O6S. The van der Waals surface area contributed by atoms with Crippen LogP contribution in [0.5, 0.6) is 17.2 Å². The molecule has 3 rings (SSSR count).